The summed E-state index contributed by atoms with van der Waals surface area (Å²) >= 11 is 0. The van der Waals surface area contributed by atoms with Gasteiger partial charge in [-0.1, -0.05) is 47.1 Å². The first-order valence-corrected chi connectivity index (χ1v) is 8.49. The number of amides is 1. The Morgan fingerprint density at radius 2 is 1.92 bits per heavy atom. The molecule has 0 spiro atoms. The number of para-hydroxylation sites is 2. The van der Waals surface area contributed by atoms with E-state index in [1.165, 1.54) is 5.56 Å². The van der Waals surface area contributed by atoms with Crippen LogP contribution in [0.5, 0.6) is 5.75 Å². The van der Waals surface area contributed by atoms with Crippen LogP contribution in [0.3, 0.4) is 0 Å². The SMILES string of the molecule is COc1ccccc1N1CC(c2nc(-c3ccc(C)cc3)no2)CC1=O. The van der Waals surface area contributed by atoms with Crippen molar-refractivity contribution in [2.75, 3.05) is 18.6 Å². The molecule has 1 unspecified atom stereocenters. The Morgan fingerprint density at radius 3 is 2.69 bits per heavy atom. The topological polar surface area (TPSA) is 68.5 Å². The van der Waals surface area contributed by atoms with Gasteiger partial charge in [-0.05, 0) is 19.1 Å². The van der Waals surface area contributed by atoms with Crippen molar-refractivity contribution in [2.24, 2.45) is 0 Å². The molecule has 6 nitrogen and oxygen atoms in total. The van der Waals surface area contributed by atoms with Gasteiger partial charge in [-0.15, -0.1) is 0 Å². The molecular formula is C20H19N3O3. The molecule has 1 aromatic heterocycles. The molecule has 0 aliphatic carbocycles. The molecule has 26 heavy (non-hydrogen) atoms. The molecule has 1 amide bonds. The number of aryl methyl sites for hydroxylation is 1. The summed E-state index contributed by atoms with van der Waals surface area (Å²) < 4.78 is 10.8. The second-order valence-corrected chi connectivity index (χ2v) is 6.40. The first-order chi connectivity index (χ1) is 12.7. The number of aromatic nitrogens is 2. The Hall–Kier alpha value is -3.15. The molecule has 4 rings (SSSR count). The lowest BCUT2D eigenvalue weighted by Crippen LogP contribution is -2.24. The third-order valence-corrected chi connectivity index (χ3v) is 4.60. The number of carbonyl (C=O) groups excluding carboxylic acids is 1. The molecule has 0 bridgehead atoms. The molecule has 2 aromatic carbocycles. The van der Waals surface area contributed by atoms with E-state index < -0.39 is 0 Å². The van der Waals surface area contributed by atoms with Crippen LogP contribution in [0.25, 0.3) is 11.4 Å². The minimum atomic E-state index is -0.126. The van der Waals surface area contributed by atoms with E-state index in [9.17, 15) is 4.79 Å². The molecule has 3 aromatic rings. The highest BCUT2D eigenvalue weighted by Gasteiger charge is 2.36. The van der Waals surface area contributed by atoms with Crippen molar-refractivity contribution < 1.29 is 14.1 Å². The molecular weight excluding hydrogens is 330 g/mol. The Kier molecular flexibility index (Phi) is 4.16. The number of hydrogen-bond donors (Lipinski definition) is 0. The van der Waals surface area contributed by atoms with Gasteiger partial charge in [-0.25, -0.2) is 0 Å². The minimum Gasteiger partial charge on any atom is -0.495 e. The maximum absolute atomic E-state index is 12.5. The zero-order valence-electron chi connectivity index (χ0n) is 14.7. The van der Waals surface area contributed by atoms with Gasteiger partial charge in [0.1, 0.15) is 5.75 Å². The largest absolute Gasteiger partial charge is 0.495 e. The van der Waals surface area contributed by atoms with Gasteiger partial charge < -0.3 is 14.2 Å². The first kappa shape index (κ1) is 16.3. The van der Waals surface area contributed by atoms with E-state index in [1.807, 2.05) is 55.5 Å². The van der Waals surface area contributed by atoms with Crippen LogP contribution in [0.15, 0.2) is 53.1 Å². The van der Waals surface area contributed by atoms with Crippen molar-refractivity contribution in [1.29, 1.82) is 0 Å². The van der Waals surface area contributed by atoms with Gasteiger partial charge in [0.05, 0.1) is 18.7 Å². The zero-order valence-corrected chi connectivity index (χ0v) is 14.7. The number of nitrogens with zero attached hydrogens (tertiary/aromatic N) is 3. The molecule has 2 heterocycles. The van der Waals surface area contributed by atoms with Gasteiger partial charge in [0.2, 0.25) is 17.6 Å². The summed E-state index contributed by atoms with van der Waals surface area (Å²) in [7, 11) is 1.60. The van der Waals surface area contributed by atoms with Crippen LogP contribution in [-0.4, -0.2) is 29.7 Å². The quantitative estimate of drug-likeness (QED) is 0.720. The summed E-state index contributed by atoms with van der Waals surface area (Å²) in [6.45, 7) is 2.52. The molecule has 0 N–H and O–H groups in total. The van der Waals surface area contributed by atoms with E-state index in [1.54, 1.807) is 12.0 Å². The predicted octanol–water partition coefficient (Wildman–Crippen LogP) is 3.57. The number of methoxy groups -OCH3 is 1. The second kappa shape index (κ2) is 6.63. The van der Waals surface area contributed by atoms with E-state index in [0.717, 1.165) is 11.3 Å². The monoisotopic (exact) mass is 349 g/mol. The van der Waals surface area contributed by atoms with Crippen molar-refractivity contribution in [2.45, 2.75) is 19.3 Å². The molecule has 0 saturated carbocycles. The lowest BCUT2D eigenvalue weighted by molar-refractivity contribution is -0.117. The highest BCUT2D eigenvalue weighted by atomic mass is 16.5. The van der Waals surface area contributed by atoms with E-state index in [-0.39, 0.29) is 11.8 Å². The van der Waals surface area contributed by atoms with Crippen molar-refractivity contribution in [3.8, 4) is 17.1 Å². The van der Waals surface area contributed by atoms with Gasteiger partial charge in [0, 0.05) is 18.5 Å². The van der Waals surface area contributed by atoms with E-state index in [0.29, 0.717) is 30.4 Å². The number of anilines is 1. The predicted molar refractivity (Wildman–Crippen MR) is 97.2 cm³/mol. The molecule has 1 aliphatic rings. The maximum atomic E-state index is 12.5. The normalized spacial score (nSPS) is 16.9. The third kappa shape index (κ3) is 2.94. The molecule has 1 fully saturated rings. The Bertz CT molecular complexity index is 933. The summed E-state index contributed by atoms with van der Waals surface area (Å²) in [6, 6.07) is 15.4. The molecule has 0 radical (unpaired) electrons. The lowest BCUT2D eigenvalue weighted by Gasteiger charge is -2.18. The Balaban J connectivity index is 1.57. The maximum Gasteiger partial charge on any atom is 0.232 e. The van der Waals surface area contributed by atoms with Crippen LogP contribution in [0.4, 0.5) is 5.69 Å². The second-order valence-electron chi connectivity index (χ2n) is 6.40. The highest BCUT2D eigenvalue weighted by Crippen LogP contribution is 2.36. The number of ether oxygens (including phenoxy) is 1. The van der Waals surface area contributed by atoms with Gasteiger partial charge >= 0.3 is 0 Å². The number of rotatable bonds is 4. The average Bonchev–Trinajstić information content (AvgIpc) is 3.29. The number of carbonyl (C=O) groups is 1. The minimum absolute atomic E-state index is 0.0228. The van der Waals surface area contributed by atoms with Crippen LogP contribution in [0, 0.1) is 6.92 Å². The van der Waals surface area contributed by atoms with Crippen LogP contribution in [0.1, 0.15) is 23.8 Å². The molecule has 132 valence electrons. The average molecular weight is 349 g/mol. The van der Waals surface area contributed by atoms with Crippen LogP contribution < -0.4 is 9.64 Å². The van der Waals surface area contributed by atoms with Crippen LogP contribution >= 0.6 is 0 Å². The summed E-state index contributed by atoms with van der Waals surface area (Å²) in [5, 5.41) is 4.08. The van der Waals surface area contributed by atoms with Crippen molar-refractivity contribution in [1.82, 2.24) is 10.1 Å². The van der Waals surface area contributed by atoms with Gasteiger partial charge in [-0.2, -0.15) is 4.98 Å². The molecule has 1 atom stereocenters. The first-order valence-electron chi connectivity index (χ1n) is 8.49. The fourth-order valence-electron chi connectivity index (χ4n) is 3.18. The smallest absolute Gasteiger partial charge is 0.232 e. The third-order valence-electron chi connectivity index (χ3n) is 4.60. The highest BCUT2D eigenvalue weighted by molar-refractivity contribution is 5.97. The summed E-state index contributed by atoms with van der Waals surface area (Å²) in [5.41, 5.74) is 2.84. The zero-order chi connectivity index (χ0) is 18.1. The fourth-order valence-corrected chi connectivity index (χ4v) is 3.18. The summed E-state index contributed by atoms with van der Waals surface area (Å²) in [5.74, 6) is 1.61. The van der Waals surface area contributed by atoms with Crippen molar-refractivity contribution in [3.05, 3.63) is 60.0 Å². The molecule has 1 aliphatic heterocycles. The van der Waals surface area contributed by atoms with E-state index >= 15 is 0 Å². The number of hydrogen-bond acceptors (Lipinski definition) is 5. The van der Waals surface area contributed by atoms with Crippen molar-refractivity contribution >= 4 is 11.6 Å². The fraction of sp³-hybridized carbons (Fsp3) is 0.250. The number of benzene rings is 2. The molecule has 6 heteroatoms. The summed E-state index contributed by atoms with van der Waals surface area (Å²) in [6.07, 6.45) is 0.341. The van der Waals surface area contributed by atoms with Crippen molar-refractivity contribution in [3.63, 3.8) is 0 Å². The lowest BCUT2D eigenvalue weighted by atomic mass is 10.1. The van der Waals surface area contributed by atoms with Crippen LogP contribution in [0.2, 0.25) is 0 Å². The Morgan fingerprint density at radius 1 is 1.15 bits per heavy atom. The van der Waals surface area contributed by atoms with Gasteiger partial charge in [0.15, 0.2) is 0 Å². The van der Waals surface area contributed by atoms with Crippen LogP contribution in [-0.2, 0) is 4.79 Å². The van der Waals surface area contributed by atoms with Gasteiger partial charge in [-0.3, -0.25) is 4.79 Å². The Labute approximate surface area is 151 Å². The summed E-state index contributed by atoms with van der Waals surface area (Å²) in [4.78, 5) is 18.8. The van der Waals surface area contributed by atoms with E-state index in [2.05, 4.69) is 10.1 Å². The van der Waals surface area contributed by atoms with Gasteiger partial charge in [0.25, 0.3) is 0 Å². The standard InChI is InChI=1S/C20H19N3O3/c1-13-7-9-14(10-8-13)19-21-20(26-22-19)15-11-18(24)23(12-15)16-5-3-4-6-17(16)25-2/h3-10,15H,11-12H2,1-2H3. The molecule has 1 saturated heterocycles. The van der Waals surface area contributed by atoms with E-state index in [4.69, 9.17) is 9.26 Å².